The van der Waals surface area contributed by atoms with Gasteiger partial charge in [0.2, 0.25) is 0 Å². The van der Waals surface area contributed by atoms with Crippen molar-refractivity contribution in [3.05, 3.63) is 58.9 Å². The zero-order valence-electron chi connectivity index (χ0n) is 15.3. The molecule has 2 aromatic carbocycles. The van der Waals surface area contributed by atoms with E-state index in [-0.39, 0.29) is 17.4 Å². The number of hydrogen-bond acceptors (Lipinski definition) is 3. The molecule has 1 heterocycles. The van der Waals surface area contributed by atoms with E-state index in [1.165, 1.54) is 12.1 Å². The summed E-state index contributed by atoms with van der Waals surface area (Å²) in [6.45, 7) is 5.43. The van der Waals surface area contributed by atoms with Crippen LogP contribution in [0.25, 0.3) is 22.2 Å². The minimum absolute atomic E-state index is 0.00470. The van der Waals surface area contributed by atoms with Crippen molar-refractivity contribution in [2.75, 3.05) is 0 Å². The third-order valence-corrected chi connectivity index (χ3v) is 4.16. The molecule has 136 valence electrons. The Morgan fingerprint density at radius 1 is 1.19 bits per heavy atom. The molecule has 1 aromatic heterocycles. The number of benzene rings is 2. The van der Waals surface area contributed by atoms with Crippen LogP contribution in [0, 0.1) is 5.82 Å². The van der Waals surface area contributed by atoms with Crippen LogP contribution in [0.3, 0.4) is 0 Å². The Hall–Kier alpha value is -2.40. The molecule has 0 N–H and O–H groups in total. The van der Waals surface area contributed by atoms with Gasteiger partial charge in [0.15, 0.2) is 0 Å². The van der Waals surface area contributed by atoms with Crippen molar-refractivity contribution >= 4 is 41.8 Å². The normalized spacial score (nSPS) is 11.6. The van der Waals surface area contributed by atoms with Gasteiger partial charge in [-0.25, -0.2) is 9.37 Å². The summed E-state index contributed by atoms with van der Waals surface area (Å²) in [5, 5.41) is 0.806. The molecule has 0 aliphatic carbocycles. The van der Waals surface area contributed by atoms with Gasteiger partial charge in [-0.3, -0.25) is 4.79 Å². The highest BCUT2D eigenvalue weighted by Gasteiger charge is 2.19. The highest BCUT2D eigenvalue weighted by Crippen LogP contribution is 2.29. The van der Waals surface area contributed by atoms with Crippen LogP contribution in [0.15, 0.2) is 42.5 Å². The van der Waals surface area contributed by atoms with Gasteiger partial charge in [-0.1, -0.05) is 29.2 Å². The van der Waals surface area contributed by atoms with Gasteiger partial charge in [-0.2, -0.15) is 0 Å². The average molecular weight is 382 g/mol. The number of hydrogen-bond donors (Lipinski definition) is 0. The van der Waals surface area contributed by atoms with Crippen molar-refractivity contribution in [1.82, 2.24) is 4.98 Å². The van der Waals surface area contributed by atoms with E-state index in [1.807, 2.05) is 26.8 Å². The summed E-state index contributed by atoms with van der Waals surface area (Å²) in [6.07, 6.45) is 0.0271. The lowest BCUT2D eigenvalue weighted by Crippen LogP contribution is -2.25. The van der Waals surface area contributed by atoms with Crippen molar-refractivity contribution in [2.24, 2.45) is 0 Å². The standard InChI is InChI=1S/C21H18BClFNO2/c1-21(2,3)27-19(26)11-14-8-13-9-15(22)5-7-18(13)25-20(14)12-4-6-17(24)16(23)10-12/h4-10H,11H2,1-3H3. The number of esters is 1. The van der Waals surface area contributed by atoms with Gasteiger partial charge in [0, 0.05) is 5.56 Å². The van der Waals surface area contributed by atoms with E-state index in [4.69, 9.17) is 24.2 Å². The Bertz CT molecular complexity index is 1030. The summed E-state index contributed by atoms with van der Waals surface area (Å²) in [5.41, 5.74) is 2.56. The van der Waals surface area contributed by atoms with Gasteiger partial charge in [0.05, 0.1) is 22.7 Å². The Kier molecular flexibility index (Phi) is 5.25. The van der Waals surface area contributed by atoms with Crippen LogP contribution in [0.1, 0.15) is 26.3 Å². The minimum atomic E-state index is -0.592. The molecule has 6 heteroatoms. The zero-order valence-corrected chi connectivity index (χ0v) is 16.1. The van der Waals surface area contributed by atoms with E-state index >= 15 is 0 Å². The SMILES string of the molecule is [B]c1ccc2nc(-c3ccc(F)c(Cl)c3)c(CC(=O)OC(C)(C)C)cc2c1. The Balaban J connectivity index is 2.12. The molecule has 0 atom stereocenters. The summed E-state index contributed by atoms with van der Waals surface area (Å²) in [4.78, 5) is 17.0. The summed E-state index contributed by atoms with van der Waals surface area (Å²) < 4.78 is 19.0. The number of nitrogens with zero attached hydrogens (tertiary/aromatic N) is 1. The lowest BCUT2D eigenvalue weighted by Gasteiger charge is -2.20. The lowest BCUT2D eigenvalue weighted by molar-refractivity contribution is -0.153. The van der Waals surface area contributed by atoms with Gasteiger partial charge in [-0.15, -0.1) is 0 Å². The second-order valence-corrected chi connectivity index (χ2v) is 7.75. The number of fused-ring (bicyclic) bond motifs is 1. The van der Waals surface area contributed by atoms with Crippen molar-refractivity contribution in [3.8, 4) is 11.3 Å². The molecular weight excluding hydrogens is 363 g/mol. The van der Waals surface area contributed by atoms with Crippen LogP contribution in [-0.4, -0.2) is 24.4 Å². The maximum Gasteiger partial charge on any atom is 0.310 e. The first-order chi connectivity index (χ1) is 12.6. The number of pyridine rings is 1. The topological polar surface area (TPSA) is 39.2 Å². The predicted octanol–water partition coefficient (Wildman–Crippen LogP) is 4.37. The van der Waals surface area contributed by atoms with Crippen molar-refractivity contribution in [2.45, 2.75) is 32.8 Å². The van der Waals surface area contributed by atoms with Crippen molar-refractivity contribution in [1.29, 1.82) is 0 Å². The summed E-state index contributed by atoms with van der Waals surface area (Å²) in [5.74, 6) is -0.885. The van der Waals surface area contributed by atoms with Gasteiger partial charge in [0.25, 0.3) is 0 Å². The fraction of sp³-hybridized carbons (Fsp3) is 0.238. The molecule has 0 bridgehead atoms. The lowest BCUT2D eigenvalue weighted by atomic mass is 9.93. The first-order valence-electron chi connectivity index (χ1n) is 8.49. The first kappa shape index (κ1) is 19.4. The second-order valence-electron chi connectivity index (χ2n) is 7.34. The predicted molar refractivity (Wildman–Crippen MR) is 107 cm³/mol. The molecule has 3 nitrogen and oxygen atoms in total. The molecular formula is C21H18BClFNO2. The van der Waals surface area contributed by atoms with E-state index in [0.717, 1.165) is 5.39 Å². The van der Waals surface area contributed by atoms with Crippen LogP contribution >= 0.6 is 11.6 Å². The van der Waals surface area contributed by atoms with E-state index in [2.05, 4.69) is 4.98 Å². The average Bonchev–Trinajstić information content (AvgIpc) is 2.55. The van der Waals surface area contributed by atoms with Crippen LogP contribution in [0.5, 0.6) is 0 Å². The molecule has 0 amide bonds. The molecule has 3 rings (SSSR count). The van der Waals surface area contributed by atoms with Gasteiger partial charge in [-0.05, 0) is 62.1 Å². The van der Waals surface area contributed by atoms with E-state index in [0.29, 0.717) is 27.8 Å². The number of aromatic nitrogens is 1. The molecule has 3 aromatic rings. The van der Waals surface area contributed by atoms with Gasteiger partial charge >= 0.3 is 5.97 Å². The maximum atomic E-state index is 13.6. The molecule has 0 aliphatic heterocycles. The van der Waals surface area contributed by atoms with E-state index < -0.39 is 11.4 Å². The summed E-state index contributed by atoms with van der Waals surface area (Å²) in [6, 6.07) is 11.6. The molecule has 0 unspecified atom stereocenters. The quantitative estimate of drug-likeness (QED) is 0.499. The fourth-order valence-corrected chi connectivity index (χ4v) is 2.98. The number of rotatable bonds is 3. The van der Waals surface area contributed by atoms with E-state index in [9.17, 15) is 9.18 Å². The Morgan fingerprint density at radius 3 is 2.59 bits per heavy atom. The van der Waals surface area contributed by atoms with Crippen molar-refractivity contribution < 1.29 is 13.9 Å². The molecule has 0 aliphatic rings. The number of ether oxygens (including phenoxy) is 1. The Morgan fingerprint density at radius 2 is 1.93 bits per heavy atom. The highest BCUT2D eigenvalue weighted by atomic mass is 35.5. The first-order valence-corrected chi connectivity index (χ1v) is 8.86. The minimum Gasteiger partial charge on any atom is -0.460 e. The highest BCUT2D eigenvalue weighted by molar-refractivity contribution is 6.33. The third-order valence-electron chi connectivity index (χ3n) is 3.87. The van der Waals surface area contributed by atoms with Crippen LogP contribution in [-0.2, 0) is 16.0 Å². The van der Waals surface area contributed by atoms with Gasteiger partial charge in [0.1, 0.15) is 19.3 Å². The molecule has 0 fully saturated rings. The Labute approximate surface area is 163 Å². The molecule has 27 heavy (non-hydrogen) atoms. The van der Waals surface area contributed by atoms with Crippen LogP contribution < -0.4 is 5.46 Å². The summed E-state index contributed by atoms with van der Waals surface area (Å²) in [7, 11) is 5.87. The largest absolute Gasteiger partial charge is 0.460 e. The third kappa shape index (κ3) is 4.66. The summed E-state index contributed by atoms with van der Waals surface area (Å²) >= 11 is 5.94. The molecule has 0 saturated carbocycles. The number of carbonyl (C=O) groups is 1. The van der Waals surface area contributed by atoms with Crippen molar-refractivity contribution in [3.63, 3.8) is 0 Å². The zero-order chi connectivity index (χ0) is 19.8. The van der Waals surface area contributed by atoms with Gasteiger partial charge < -0.3 is 4.74 Å². The second kappa shape index (κ2) is 7.32. The molecule has 0 spiro atoms. The number of halogens is 2. The smallest absolute Gasteiger partial charge is 0.310 e. The monoisotopic (exact) mass is 381 g/mol. The van der Waals surface area contributed by atoms with E-state index in [1.54, 1.807) is 24.3 Å². The molecule has 0 saturated heterocycles. The fourth-order valence-electron chi connectivity index (χ4n) is 2.80. The maximum absolute atomic E-state index is 13.6. The number of carbonyl (C=O) groups excluding carboxylic acids is 1. The molecule has 2 radical (unpaired) electrons. The van der Waals surface area contributed by atoms with Crippen LogP contribution in [0.4, 0.5) is 4.39 Å². The van der Waals surface area contributed by atoms with Crippen LogP contribution in [0.2, 0.25) is 5.02 Å².